The highest BCUT2D eigenvalue weighted by molar-refractivity contribution is 9.10. The molecule has 1 heterocycles. The van der Waals surface area contributed by atoms with Crippen molar-refractivity contribution in [1.82, 2.24) is 10.3 Å². The summed E-state index contributed by atoms with van der Waals surface area (Å²) < 4.78 is 6.90. The van der Waals surface area contributed by atoms with Crippen LogP contribution in [0, 0.1) is 5.92 Å². The first-order valence-corrected chi connectivity index (χ1v) is 8.11. The van der Waals surface area contributed by atoms with Gasteiger partial charge in [0.2, 0.25) is 5.88 Å². The molecule has 0 bridgehead atoms. The van der Waals surface area contributed by atoms with E-state index in [-0.39, 0.29) is 0 Å². The maximum atomic E-state index is 5.88. The van der Waals surface area contributed by atoms with E-state index in [0.29, 0.717) is 6.04 Å². The van der Waals surface area contributed by atoms with Gasteiger partial charge in [0.25, 0.3) is 0 Å². The van der Waals surface area contributed by atoms with Gasteiger partial charge in [0.15, 0.2) is 0 Å². The molecular formula is C15H21BrN2O. The molecule has 4 heteroatoms. The van der Waals surface area contributed by atoms with Crippen LogP contribution in [0.2, 0.25) is 0 Å². The van der Waals surface area contributed by atoms with Crippen LogP contribution in [-0.2, 0) is 6.54 Å². The van der Waals surface area contributed by atoms with Gasteiger partial charge in [-0.3, -0.25) is 0 Å². The van der Waals surface area contributed by atoms with Crippen LogP contribution in [0.15, 0.2) is 16.7 Å². The lowest BCUT2D eigenvalue weighted by atomic mass is 9.83. The largest absolute Gasteiger partial charge is 0.477 e. The first kappa shape index (κ1) is 13.4. The van der Waals surface area contributed by atoms with Crippen molar-refractivity contribution in [2.45, 2.75) is 51.1 Å². The zero-order chi connectivity index (χ0) is 13.1. The molecule has 3 rings (SSSR count). The minimum Gasteiger partial charge on any atom is -0.477 e. The molecule has 1 N–H and O–H groups in total. The Morgan fingerprint density at radius 3 is 2.84 bits per heavy atom. The standard InChI is InChI=1S/C15H21BrN2O/c16-13-8-12(9-17-14-4-5-14)15(18-10-13)19-7-6-11-2-1-3-11/h8,10-11,14,17H,1-7,9H2. The van der Waals surface area contributed by atoms with Gasteiger partial charge in [-0.25, -0.2) is 4.98 Å². The zero-order valence-corrected chi connectivity index (χ0v) is 12.8. The molecule has 2 aliphatic rings. The van der Waals surface area contributed by atoms with Crippen LogP contribution in [0.5, 0.6) is 5.88 Å². The van der Waals surface area contributed by atoms with Crippen molar-refractivity contribution < 1.29 is 4.74 Å². The van der Waals surface area contributed by atoms with Gasteiger partial charge in [0.1, 0.15) is 0 Å². The van der Waals surface area contributed by atoms with Gasteiger partial charge >= 0.3 is 0 Å². The quantitative estimate of drug-likeness (QED) is 0.831. The van der Waals surface area contributed by atoms with Crippen LogP contribution in [0.1, 0.15) is 44.1 Å². The highest BCUT2D eigenvalue weighted by Gasteiger charge is 2.21. The lowest BCUT2D eigenvalue weighted by Gasteiger charge is -2.25. The smallest absolute Gasteiger partial charge is 0.217 e. The summed E-state index contributed by atoms with van der Waals surface area (Å²) in [5.41, 5.74) is 1.16. The maximum Gasteiger partial charge on any atom is 0.217 e. The van der Waals surface area contributed by atoms with E-state index < -0.39 is 0 Å². The van der Waals surface area contributed by atoms with Crippen molar-refractivity contribution in [2.75, 3.05) is 6.61 Å². The van der Waals surface area contributed by atoms with Crippen LogP contribution in [-0.4, -0.2) is 17.6 Å². The van der Waals surface area contributed by atoms with Crippen LogP contribution in [0.4, 0.5) is 0 Å². The van der Waals surface area contributed by atoms with Gasteiger partial charge in [0.05, 0.1) is 6.61 Å². The van der Waals surface area contributed by atoms with Crippen LogP contribution < -0.4 is 10.1 Å². The predicted octanol–water partition coefficient (Wildman–Crippen LogP) is 3.67. The van der Waals surface area contributed by atoms with Gasteiger partial charge in [-0.05, 0) is 47.2 Å². The van der Waals surface area contributed by atoms with Gasteiger partial charge in [0, 0.05) is 28.8 Å². The highest BCUT2D eigenvalue weighted by atomic mass is 79.9. The fraction of sp³-hybridized carbons (Fsp3) is 0.667. The van der Waals surface area contributed by atoms with Gasteiger partial charge in [-0.15, -0.1) is 0 Å². The van der Waals surface area contributed by atoms with Crippen LogP contribution >= 0.6 is 15.9 Å². The summed E-state index contributed by atoms with van der Waals surface area (Å²) >= 11 is 3.48. The van der Waals surface area contributed by atoms with Crippen LogP contribution in [0.3, 0.4) is 0 Å². The van der Waals surface area contributed by atoms with Crippen molar-refractivity contribution >= 4 is 15.9 Å². The Morgan fingerprint density at radius 2 is 2.16 bits per heavy atom. The van der Waals surface area contributed by atoms with Gasteiger partial charge in [-0.1, -0.05) is 19.3 Å². The summed E-state index contributed by atoms with van der Waals surface area (Å²) in [4.78, 5) is 4.41. The second-order valence-corrected chi connectivity index (χ2v) is 6.62. The van der Waals surface area contributed by atoms with Gasteiger partial charge in [-0.2, -0.15) is 0 Å². The fourth-order valence-corrected chi connectivity index (χ4v) is 2.75. The van der Waals surface area contributed by atoms with Crippen LogP contribution in [0.25, 0.3) is 0 Å². The third kappa shape index (κ3) is 3.93. The molecule has 0 radical (unpaired) electrons. The molecule has 0 aromatic carbocycles. The fourth-order valence-electron chi connectivity index (χ4n) is 2.37. The summed E-state index contributed by atoms with van der Waals surface area (Å²) in [5.74, 6) is 1.69. The molecule has 0 atom stereocenters. The number of nitrogens with zero attached hydrogens (tertiary/aromatic N) is 1. The van der Waals surface area contributed by atoms with E-state index in [0.717, 1.165) is 35.0 Å². The van der Waals surface area contributed by atoms with E-state index in [1.54, 1.807) is 0 Å². The highest BCUT2D eigenvalue weighted by Crippen LogP contribution is 2.30. The van der Waals surface area contributed by atoms with Crippen molar-refractivity contribution in [3.05, 3.63) is 22.3 Å². The summed E-state index contributed by atoms with van der Waals surface area (Å²) in [6, 6.07) is 2.82. The lowest BCUT2D eigenvalue weighted by Crippen LogP contribution is -2.18. The third-order valence-electron chi connectivity index (χ3n) is 4.04. The Labute approximate surface area is 123 Å². The Balaban J connectivity index is 1.54. The molecule has 2 aliphatic carbocycles. The molecule has 1 aromatic rings. The molecule has 1 aromatic heterocycles. The first-order valence-electron chi connectivity index (χ1n) is 7.32. The molecule has 0 amide bonds. The molecule has 3 nitrogen and oxygen atoms in total. The summed E-state index contributed by atoms with van der Waals surface area (Å²) in [5, 5.41) is 3.52. The molecule has 0 aliphatic heterocycles. The first-order chi connectivity index (χ1) is 9.31. The number of aromatic nitrogens is 1. The summed E-state index contributed by atoms with van der Waals surface area (Å²) in [6.07, 6.45) is 9.77. The molecule has 19 heavy (non-hydrogen) atoms. The van der Waals surface area contributed by atoms with E-state index in [1.165, 1.54) is 38.5 Å². The molecule has 0 spiro atoms. The van der Waals surface area contributed by atoms with Gasteiger partial charge < -0.3 is 10.1 Å². The summed E-state index contributed by atoms with van der Waals surface area (Å²) in [7, 11) is 0. The average molecular weight is 325 g/mol. The monoisotopic (exact) mass is 324 g/mol. The predicted molar refractivity (Wildman–Crippen MR) is 79.3 cm³/mol. The number of rotatable bonds is 7. The number of hydrogen-bond donors (Lipinski definition) is 1. The van der Waals surface area contributed by atoms with E-state index in [1.807, 2.05) is 6.20 Å². The van der Waals surface area contributed by atoms with E-state index in [4.69, 9.17) is 4.74 Å². The number of hydrogen-bond acceptors (Lipinski definition) is 3. The molecule has 0 saturated heterocycles. The second-order valence-electron chi connectivity index (χ2n) is 5.71. The molecule has 2 fully saturated rings. The van der Waals surface area contributed by atoms with E-state index >= 15 is 0 Å². The summed E-state index contributed by atoms with van der Waals surface area (Å²) in [6.45, 7) is 1.66. The second kappa shape index (κ2) is 6.23. The third-order valence-corrected chi connectivity index (χ3v) is 4.47. The van der Waals surface area contributed by atoms with Crippen molar-refractivity contribution in [2.24, 2.45) is 5.92 Å². The van der Waals surface area contributed by atoms with Crippen molar-refractivity contribution in [1.29, 1.82) is 0 Å². The zero-order valence-electron chi connectivity index (χ0n) is 11.2. The number of ether oxygens (including phenoxy) is 1. The molecule has 2 saturated carbocycles. The van der Waals surface area contributed by atoms with E-state index in [9.17, 15) is 0 Å². The number of pyridine rings is 1. The molecular weight excluding hydrogens is 304 g/mol. The van der Waals surface area contributed by atoms with Crippen molar-refractivity contribution in [3.63, 3.8) is 0 Å². The Morgan fingerprint density at radius 1 is 1.32 bits per heavy atom. The SMILES string of the molecule is Brc1cnc(OCCC2CCC2)c(CNC2CC2)c1. The molecule has 0 unspecified atom stereocenters. The van der Waals surface area contributed by atoms with Crippen molar-refractivity contribution in [3.8, 4) is 5.88 Å². The number of halogens is 1. The topological polar surface area (TPSA) is 34.1 Å². The maximum absolute atomic E-state index is 5.88. The Hall–Kier alpha value is -0.610. The average Bonchev–Trinajstić information content (AvgIpc) is 3.15. The lowest BCUT2D eigenvalue weighted by molar-refractivity contribution is 0.216. The van der Waals surface area contributed by atoms with E-state index in [2.05, 4.69) is 32.3 Å². The minimum absolute atomic E-state index is 0.710. The normalized spacial score (nSPS) is 19.2. The Bertz CT molecular complexity index is 430. The minimum atomic E-state index is 0.710. The number of nitrogens with one attached hydrogen (secondary N) is 1. The Kier molecular flexibility index (Phi) is 4.38. The molecule has 104 valence electrons.